The van der Waals surface area contributed by atoms with Gasteiger partial charge < -0.3 is 4.90 Å². The number of nitrogens with zero attached hydrogens (tertiary/aromatic N) is 3. The van der Waals surface area contributed by atoms with E-state index in [0.29, 0.717) is 35.8 Å². The van der Waals surface area contributed by atoms with Crippen molar-refractivity contribution in [3.05, 3.63) is 76.8 Å². The molecule has 36 heavy (non-hydrogen) atoms. The van der Waals surface area contributed by atoms with Crippen molar-refractivity contribution < 1.29 is 13.2 Å². The molecular formula is C28H34ClN3O3S. The summed E-state index contributed by atoms with van der Waals surface area (Å²) in [6.45, 7) is 10.8. The maximum absolute atomic E-state index is 13.3. The van der Waals surface area contributed by atoms with Crippen LogP contribution in [0.2, 0.25) is 5.02 Å². The molecule has 192 valence electrons. The molecule has 0 unspecified atom stereocenters. The molecule has 1 aliphatic rings. The molecule has 0 N–H and O–H groups in total. The second kappa shape index (κ2) is 10.9. The number of halogens is 1. The molecule has 6 nitrogen and oxygen atoms in total. The Labute approximate surface area is 219 Å². The van der Waals surface area contributed by atoms with E-state index in [1.165, 1.54) is 9.87 Å². The number of hydrogen-bond acceptors (Lipinski definition) is 4. The Morgan fingerprint density at radius 2 is 1.44 bits per heavy atom. The Balaban J connectivity index is 1.39. The number of carbonyl (C=O) groups excluding carboxylic acids is 1. The number of piperazine rings is 1. The summed E-state index contributed by atoms with van der Waals surface area (Å²) in [5.41, 5.74) is 1.80. The van der Waals surface area contributed by atoms with Crippen LogP contribution in [-0.4, -0.2) is 66.7 Å². The van der Waals surface area contributed by atoms with Gasteiger partial charge in [-0.15, -0.1) is 0 Å². The predicted octanol–water partition coefficient (Wildman–Crippen LogP) is 5.26. The van der Waals surface area contributed by atoms with Crippen molar-refractivity contribution in [3.8, 4) is 0 Å². The molecule has 3 aromatic carbocycles. The smallest absolute Gasteiger partial charge is 0.253 e. The topological polar surface area (TPSA) is 60.9 Å². The maximum atomic E-state index is 13.3. The van der Waals surface area contributed by atoms with Gasteiger partial charge in [-0.1, -0.05) is 35.9 Å². The lowest BCUT2D eigenvalue weighted by atomic mass is 10.1. The van der Waals surface area contributed by atoms with Crippen molar-refractivity contribution in [1.82, 2.24) is 14.1 Å². The van der Waals surface area contributed by atoms with E-state index in [0.717, 1.165) is 17.3 Å². The van der Waals surface area contributed by atoms with Crippen LogP contribution in [0, 0.1) is 0 Å². The molecule has 1 amide bonds. The summed E-state index contributed by atoms with van der Waals surface area (Å²) in [7, 11) is -3.65. The highest BCUT2D eigenvalue weighted by molar-refractivity contribution is 7.89. The van der Waals surface area contributed by atoms with Crippen molar-refractivity contribution in [2.24, 2.45) is 0 Å². The van der Waals surface area contributed by atoms with Crippen LogP contribution >= 0.6 is 11.6 Å². The van der Waals surface area contributed by atoms with E-state index in [1.807, 2.05) is 36.4 Å². The van der Waals surface area contributed by atoms with Crippen LogP contribution in [0.25, 0.3) is 10.8 Å². The van der Waals surface area contributed by atoms with Crippen molar-refractivity contribution in [1.29, 1.82) is 0 Å². The molecule has 0 saturated carbocycles. The quantitative estimate of drug-likeness (QED) is 0.420. The lowest BCUT2D eigenvalue weighted by molar-refractivity contribution is 0.0698. The van der Waals surface area contributed by atoms with E-state index in [4.69, 9.17) is 11.6 Å². The number of sulfonamides is 1. The van der Waals surface area contributed by atoms with Crippen LogP contribution in [0.15, 0.2) is 65.6 Å². The minimum absolute atomic E-state index is 0.0641. The third-order valence-corrected chi connectivity index (χ3v) is 8.96. The molecule has 1 aliphatic heterocycles. The van der Waals surface area contributed by atoms with Crippen LogP contribution in [0.5, 0.6) is 0 Å². The van der Waals surface area contributed by atoms with Crippen LogP contribution in [0.1, 0.15) is 43.6 Å². The summed E-state index contributed by atoms with van der Waals surface area (Å²) >= 11 is 6.04. The number of benzene rings is 3. The fraction of sp³-hybridized carbons (Fsp3) is 0.393. The van der Waals surface area contributed by atoms with Gasteiger partial charge in [-0.2, -0.15) is 4.31 Å². The third kappa shape index (κ3) is 5.75. The van der Waals surface area contributed by atoms with Gasteiger partial charge >= 0.3 is 0 Å². The number of fused-ring (bicyclic) bond motifs is 1. The van der Waals surface area contributed by atoms with Crippen molar-refractivity contribution in [2.75, 3.05) is 26.2 Å². The van der Waals surface area contributed by atoms with Gasteiger partial charge in [-0.3, -0.25) is 9.69 Å². The van der Waals surface area contributed by atoms with Gasteiger partial charge in [0.15, 0.2) is 0 Å². The Morgan fingerprint density at radius 1 is 0.861 bits per heavy atom. The first-order valence-electron chi connectivity index (χ1n) is 12.4. The zero-order valence-corrected chi connectivity index (χ0v) is 22.9. The van der Waals surface area contributed by atoms with Crippen LogP contribution in [0.4, 0.5) is 0 Å². The molecule has 8 heteroatoms. The van der Waals surface area contributed by atoms with Crippen molar-refractivity contribution >= 4 is 38.3 Å². The molecule has 1 saturated heterocycles. The molecule has 1 fully saturated rings. The minimum atomic E-state index is -3.65. The second-order valence-corrected chi connectivity index (χ2v) is 12.3. The molecule has 3 aromatic rings. The van der Waals surface area contributed by atoms with Crippen LogP contribution < -0.4 is 0 Å². The Bertz CT molecular complexity index is 1320. The summed E-state index contributed by atoms with van der Waals surface area (Å²) < 4.78 is 28.0. The number of hydrogen-bond donors (Lipinski definition) is 0. The third-order valence-electron chi connectivity index (χ3n) is 6.83. The van der Waals surface area contributed by atoms with Gasteiger partial charge in [0.05, 0.1) is 4.90 Å². The average Bonchev–Trinajstić information content (AvgIpc) is 2.86. The highest BCUT2D eigenvalue weighted by Gasteiger charge is 2.30. The van der Waals surface area contributed by atoms with E-state index in [9.17, 15) is 13.2 Å². The molecule has 0 atom stereocenters. The van der Waals surface area contributed by atoms with Gasteiger partial charge in [0.25, 0.3) is 5.91 Å². The Kier molecular flexibility index (Phi) is 8.05. The molecular weight excluding hydrogens is 494 g/mol. The van der Waals surface area contributed by atoms with Crippen LogP contribution in [0.3, 0.4) is 0 Å². The monoisotopic (exact) mass is 527 g/mol. The Morgan fingerprint density at radius 3 is 2.06 bits per heavy atom. The summed E-state index contributed by atoms with van der Waals surface area (Å²) in [5.74, 6) is -0.0641. The highest BCUT2D eigenvalue weighted by atomic mass is 35.5. The zero-order chi connectivity index (χ0) is 26.0. The molecule has 0 spiro atoms. The Hall–Kier alpha value is -2.45. The lowest BCUT2D eigenvalue weighted by Gasteiger charge is -2.34. The molecule has 1 heterocycles. The lowest BCUT2D eigenvalue weighted by Crippen LogP contribution is -2.50. The normalized spacial score (nSPS) is 15.4. The van der Waals surface area contributed by atoms with Crippen LogP contribution in [-0.2, 0) is 16.6 Å². The van der Waals surface area contributed by atoms with E-state index in [-0.39, 0.29) is 23.9 Å². The van der Waals surface area contributed by atoms with E-state index in [1.54, 1.807) is 29.2 Å². The second-order valence-electron chi connectivity index (χ2n) is 9.91. The van der Waals surface area contributed by atoms with Gasteiger partial charge in [0, 0.05) is 55.4 Å². The fourth-order valence-corrected chi connectivity index (χ4v) is 6.38. The van der Waals surface area contributed by atoms with Crippen molar-refractivity contribution in [2.45, 2.75) is 51.2 Å². The first-order chi connectivity index (χ1) is 17.1. The SMILES string of the molecule is CC(C)N(Cc1ccc(C(=O)N2CCN(S(=O)(=O)c3ccc4cc(Cl)ccc4c3)CC2)cc1)C(C)C. The van der Waals surface area contributed by atoms with Gasteiger partial charge in [-0.25, -0.2) is 8.42 Å². The molecule has 0 aliphatic carbocycles. The molecule has 0 bridgehead atoms. The van der Waals surface area contributed by atoms with E-state index in [2.05, 4.69) is 32.6 Å². The number of amides is 1. The summed E-state index contributed by atoms with van der Waals surface area (Å²) in [5, 5.41) is 2.33. The zero-order valence-electron chi connectivity index (χ0n) is 21.3. The summed E-state index contributed by atoms with van der Waals surface area (Å²) in [4.78, 5) is 17.5. The summed E-state index contributed by atoms with van der Waals surface area (Å²) in [6, 6.07) is 19.1. The fourth-order valence-electron chi connectivity index (χ4n) is 4.74. The summed E-state index contributed by atoms with van der Waals surface area (Å²) in [6.07, 6.45) is 0. The van der Waals surface area contributed by atoms with Gasteiger partial charge in [0.2, 0.25) is 10.0 Å². The number of rotatable bonds is 7. The van der Waals surface area contributed by atoms with E-state index < -0.39 is 10.0 Å². The highest BCUT2D eigenvalue weighted by Crippen LogP contribution is 2.25. The predicted molar refractivity (Wildman–Crippen MR) is 146 cm³/mol. The first kappa shape index (κ1) is 26.6. The van der Waals surface area contributed by atoms with Crippen molar-refractivity contribution in [3.63, 3.8) is 0 Å². The molecule has 4 rings (SSSR count). The molecule has 0 radical (unpaired) electrons. The minimum Gasteiger partial charge on any atom is -0.336 e. The maximum Gasteiger partial charge on any atom is 0.253 e. The first-order valence-corrected chi connectivity index (χ1v) is 14.2. The largest absolute Gasteiger partial charge is 0.336 e. The molecule has 0 aromatic heterocycles. The van der Waals surface area contributed by atoms with Gasteiger partial charge in [0.1, 0.15) is 0 Å². The number of carbonyl (C=O) groups is 1. The average molecular weight is 528 g/mol. The standard InChI is InChI=1S/C28H34ClN3O3S/c1-20(2)32(21(3)4)19-22-5-7-23(8-6-22)28(33)30-13-15-31(16-14-30)36(34,35)27-12-10-24-17-26(29)11-9-25(24)18-27/h5-12,17-18,20-21H,13-16,19H2,1-4H3. The van der Waals surface area contributed by atoms with Gasteiger partial charge in [-0.05, 0) is 80.4 Å². The van der Waals surface area contributed by atoms with E-state index >= 15 is 0 Å².